The zero-order chi connectivity index (χ0) is 12.8. The smallest absolute Gasteiger partial charge is 0.123 e. The molecule has 5 heteroatoms. The Morgan fingerprint density at radius 1 is 1.33 bits per heavy atom. The number of rotatable bonds is 6. The summed E-state index contributed by atoms with van der Waals surface area (Å²) in [6, 6.07) is 8.41. The maximum atomic E-state index is 12.8. The predicted octanol–water partition coefficient (Wildman–Crippen LogP) is 2.69. The van der Waals surface area contributed by atoms with Crippen LogP contribution in [0.2, 0.25) is 0 Å². The molecule has 0 aliphatic heterocycles. The van der Waals surface area contributed by atoms with Crippen LogP contribution in [-0.2, 0) is 11.3 Å². The maximum absolute atomic E-state index is 12.8. The number of ether oxygens (including phenoxy) is 1. The van der Waals surface area contributed by atoms with Gasteiger partial charge in [0.25, 0.3) is 0 Å². The molecule has 2 aromatic rings. The number of hydrogen-bond acceptors (Lipinski definition) is 4. The Labute approximate surface area is 110 Å². The molecule has 0 aliphatic rings. The molecule has 0 atom stereocenters. The molecule has 0 spiro atoms. The first-order chi connectivity index (χ1) is 8.79. The van der Waals surface area contributed by atoms with E-state index in [1.165, 1.54) is 23.7 Å². The van der Waals surface area contributed by atoms with Crippen molar-refractivity contribution in [2.24, 2.45) is 0 Å². The van der Waals surface area contributed by atoms with E-state index in [-0.39, 0.29) is 5.82 Å². The van der Waals surface area contributed by atoms with Gasteiger partial charge in [-0.15, -0.1) is 0 Å². The van der Waals surface area contributed by atoms with Crippen molar-refractivity contribution in [1.82, 2.24) is 9.69 Å². The van der Waals surface area contributed by atoms with Crippen LogP contribution in [0.25, 0.3) is 11.3 Å². The molecular weight excluding hydrogens is 251 g/mol. The fourth-order valence-corrected chi connectivity index (χ4v) is 2.24. The molecule has 0 amide bonds. The highest BCUT2D eigenvalue weighted by Crippen LogP contribution is 2.22. The summed E-state index contributed by atoms with van der Waals surface area (Å²) in [6.07, 6.45) is 0. The number of hydrogen-bond donors (Lipinski definition) is 1. The lowest BCUT2D eigenvalue weighted by Gasteiger charge is -2.00. The van der Waals surface area contributed by atoms with E-state index in [2.05, 4.69) is 9.69 Å². The number of nitrogens with zero attached hydrogens (tertiary/aromatic N) is 1. The Kier molecular flexibility index (Phi) is 4.81. The van der Waals surface area contributed by atoms with Crippen LogP contribution in [-0.4, -0.2) is 24.6 Å². The van der Waals surface area contributed by atoms with E-state index < -0.39 is 0 Å². The van der Waals surface area contributed by atoms with Crippen LogP contribution in [0.3, 0.4) is 0 Å². The Morgan fingerprint density at radius 2 is 2.11 bits per heavy atom. The zero-order valence-corrected chi connectivity index (χ0v) is 11.0. The third kappa shape index (κ3) is 3.60. The molecule has 18 heavy (non-hydrogen) atoms. The van der Waals surface area contributed by atoms with Crippen LogP contribution >= 0.6 is 11.5 Å². The summed E-state index contributed by atoms with van der Waals surface area (Å²) >= 11 is 1.46. The van der Waals surface area contributed by atoms with Gasteiger partial charge in [-0.25, -0.2) is 4.39 Å². The van der Waals surface area contributed by atoms with Gasteiger partial charge in [0.15, 0.2) is 0 Å². The van der Waals surface area contributed by atoms with Gasteiger partial charge in [-0.2, -0.15) is 4.37 Å². The van der Waals surface area contributed by atoms with E-state index in [0.717, 1.165) is 29.2 Å². The molecule has 0 aliphatic carbocycles. The van der Waals surface area contributed by atoms with E-state index in [1.807, 2.05) is 6.07 Å². The van der Waals surface area contributed by atoms with E-state index in [1.54, 1.807) is 19.2 Å². The summed E-state index contributed by atoms with van der Waals surface area (Å²) < 4.78 is 22.1. The third-order valence-corrected chi connectivity index (χ3v) is 3.27. The molecule has 0 saturated heterocycles. The highest BCUT2D eigenvalue weighted by atomic mass is 32.1. The van der Waals surface area contributed by atoms with Crippen LogP contribution in [0, 0.1) is 5.82 Å². The van der Waals surface area contributed by atoms with Crippen LogP contribution in [0.5, 0.6) is 0 Å². The first kappa shape index (κ1) is 13.1. The molecule has 1 aromatic carbocycles. The molecule has 2 rings (SSSR count). The van der Waals surface area contributed by atoms with Gasteiger partial charge < -0.3 is 10.1 Å². The fraction of sp³-hybridized carbons (Fsp3) is 0.308. The summed E-state index contributed by atoms with van der Waals surface area (Å²) in [7, 11) is 1.68. The summed E-state index contributed by atoms with van der Waals surface area (Å²) in [6.45, 7) is 2.30. The molecule has 0 fully saturated rings. The second-order valence-electron chi connectivity index (χ2n) is 3.85. The van der Waals surface area contributed by atoms with Crippen molar-refractivity contribution < 1.29 is 9.13 Å². The van der Waals surface area contributed by atoms with Crippen LogP contribution in [0.4, 0.5) is 4.39 Å². The van der Waals surface area contributed by atoms with Crippen molar-refractivity contribution in [3.05, 3.63) is 41.0 Å². The number of nitrogens with one attached hydrogen (secondary N) is 1. The van der Waals surface area contributed by atoms with Crippen molar-refractivity contribution in [3.8, 4) is 11.3 Å². The highest BCUT2D eigenvalue weighted by Gasteiger charge is 2.04. The van der Waals surface area contributed by atoms with Crippen LogP contribution in [0.1, 0.15) is 4.88 Å². The quantitative estimate of drug-likeness (QED) is 0.816. The van der Waals surface area contributed by atoms with Crippen molar-refractivity contribution >= 4 is 11.5 Å². The number of methoxy groups -OCH3 is 1. The lowest BCUT2D eigenvalue weighted by atomic mass is 10.1. The molecular formula is C13H15FN2OS. The summed E-state index contributed by atoms with van der Waals surface area (Å²) in [5.41, 5.74) is 1.83. The summed E-state index contributed by atoms with van der Waals surface area (Å²) in [4.78, 5) is 1.16. The minimum absolute atomic E-state index is 0.226. The Bertz CT molecular complexity index is 484. The van der Waals surface area contributed by atoms with E-state index >= 15 is 0 Å². The molecule has 0 saturated carbocycles. The third-order valence-electron chi connectivity index (χ3n) is 2.48. The molecule has 1 aromatic heterocycles. The van der Waals surface area contributed by atoms with Gasteiger partial charge >= 0.3 is 0 Å². The Hall–Kier alpha value is -1.30. The van der Waals surface area contributed by atoms with Crippen molar-refractivity contribution in [3.63, 3.8) is 0 Å². The first-order valence-corrected chi connectivity index (χ1v) is 6.48. The minimum Gasteiger partial charge on any atom is -0.383 e. The molecule has 0 unspecified atom stereocenters. The van der Waals surface area contributed by atoms with Gasteiger partial charge in [-0.3, -0.25) is 0 Å². The molecule has 1 N–H and O–H groups in total. The minimum atomic E-state index is -0.226. The Balaban J connectivity index is 1.95. The van der Waals surface area contributed by atoms with E-state index in [9.17, 15) is 4.39 Å². The average molecular weight is 266 g/mol. The van der Waals surface area contributed by atoms with Gasteiger partial charge in [0, 0.05) is 30.6 Å². The second-order valence-corrected chi connectivity index (χ2v) is 4.74. The first-order valence-electron chi connectivity index (χ1n) is 5.71. The monoisotopic (exact) mass is 266 g/mol. The Morgan fingerprint density at radius 3 is 2.83 bits per heavy atom. The molecule has 0 radical (unpaired) electrons. The van der Waals surface area contributed by atoms with E-state index in [0.29, 0.717) is 6.61 Å². The predicted molar refractivity (Wildman–Crippen MR) is 71.1 cm³/mol. The summed E-state index contributed by atoms with van der Waals surface area (Å²) in [5, 5.41) is 3.26. The van der Waals surface area contributed by atoms with E-state index in [4.69, 9.17) is 4.74 Å². The molecule has 96 valence electrons. The summed E-state index contributed by atoms with van der Waals surface area (Å²) in [5.74, 6) is -0.226. The largest absolute Gasteiger partial charge is 0.383 e. The molecule has 0 bridgehead atoms. The lowest BCUT2D eigenvalue weighted by Crippen LogP contribution is -2.17. The lowest BCUT2D eigenvalue weighted by molar-refractivity contribution is 0.199. The van der Waals surface area contributed by atoms with Crippen molar-refractivity contribution in [2.45, 2.75) is 6.54 Å². The normalized spacial score (nSPS) is 10.8. The number of benzene rings is 1. The number of halogens is 1. The topological polar surface area (TPSA) is 34.1 Å². The van der Waals surface area contributed by atoms with Crippen molar-refractivity contribution in [1.29, 1.82) is 0 Å². The fourth-order valence-electron chi connectivity index (χ4n) is 1.54. The molecule has 1 heterocycles. The van der Waals surface area contributed by atoms with Gasteiger partial charge in [0.05, 0.1) is 12.3 Å². The zero-order valence-electron chi connectivity index (χ0n) is 10.1. The second kappa shape index (κ2) is 6.58. The average Bonchev–Trinajstić information content (AvgIpc) is 2.84. The van der Waals surface area contributed by atoms with Gasteiger partial charge in [-0.05, 0) is 41.9 Å². The SMILES string of the molecule is COCCNCc1cc(-c2ccc(F)cc2)ns1. The highest BCUT2D eigenvalue weighted by molar-refractivity contribution is 7.06. The number of aromatic nitrogens is 1. The van der Waals surface area contributed by atoms with Crippen molar-refractivity contribution in [2.75, 3.05) is 20.3 Å². The van der Waals surface area contributed by atoms with Gasteiger partial charge in [0.1, 0.15) is 5.82 Å². The van der Waals surface area contributed by atoms with Gasteiger partial charge in [-0.1, -0.05) is 0 Å². The van der Waals surface area contributed by atoms with Crippen LogP contribution < -0.4 is 5.32 Å². The standard InChI is InChI=1S/C13H15FN2OS/c1-17-7-6-15-9-12-8-13(16-18-12)10-2-4-11(14)5-3-10/h2-5,8,15H,6-7,9H2,1H3. The molecule has 3 nitrogen and oxygen atoms in total. The maximum Gasteiger partial charge on any atom is 0.123 e. The van der Waals surface area contributed by atoms with Gasteiger partial charge in [0.2, 0.25) is 0 Å². The van der Waals surface area contributed by atoms with Crippen LogP contribution in [0.15, 0.2) is 30.3 Å².